The molecule has 9 nitrogen and oxygen atoms in total. The number of methoxy groups -OCH3 is 1. The molecule has 2 N–H and O–H groups in total. The van der Waals surface area contributed by atoms with E-state index in [-0.39, 0.29) is 27.6 Å². The van der Waals surface area contributed by atoms with Crippen molar-refractivity contribution in [3.05, 3.63) is 58.1 Å². The second-order valence-electron chi connectivity index (χ2n) is 4.50. The summed E-state index contributed by atoms with van der Waals surface area (Å²) in [6.45, 7) is 0. The number of hydrogen-bond donors (Lipinski definition) is 2. The number of phenolic OH excluding ortho intramolecular Hbond substituents is 1. The van der Waals surface area contributed by atoms with Gasteiger partial charge in [0.25, 0.3) is 15.7 Å². The van der Waals surface area contributed by atoms with Gasteiger partial charge in [-0.2, -0.15) is 13.5 Å². The highest BCUT2D eigenvalue weighted by atomic mass is 32.2. The van der Waals surface area contributed by atoms with Crippen molar-refractivity contribution in [2.24, 2.45) is 5.10 Å². The predicted octanol–water partition coefficient (Wildman–Crippen LogP) is 1.62. The van der Waals surface area contributed by atoms with E-state index in [0.717, 1.165) is 30.5 Å². The topological polar surface area (TPSA) is 131 Å². The molecule has 10 heteroatoms. The summed E-state index contributed by atoms with van der Waals surface area (Å²) in [5.41, 5.74) is 0.0273. The molecule has 0 atom stereocenters. The molecule has 0 amide bonds. The van der Waals surface area contributed by atoms with Crippen LogP contribution in [0.15, 0.2) is 52.5 Å². The number of nitro benzene ring substituents is 1. The zero-order valence-electron chi connectivity index (χ0n) is 12.4. The van der Waals surface area contributed by atoms with Crippen molar-refractivity contribution >= 4 is 21.9 Å². The smallest absolute Gasteiger partial charge is 0.276 e. The fourth-order valence-corrected chi connectivity index (χ4v) is 2.56. The van der Waals surface area contributed by atoms with Gasteiger partial charge in [0.05, 0.1) is 23.1 Å². The Labute approximate surface area is 137 Å². The molecule has 0 fully saturated rings. The van der Waals surface area contributed by atoms with E-state index in [1.54, 1.807) is 6.07 Å². The normalized spacial score (nSPS) is 11.4. The lowest BCUT2D eigenvalue weighted by atomic mass is 10.2. The second-order valence-corrected chi connectivity index (χ2v) is 6.16. The molecule has 2 aromatic carbocycles. The van der Waals surface area contributed by atoms with Crippen molar-refractivity contribution in [1.29, 1.82) is 0 Å². The van der Waals surface area contributed by atoms with Gasteiger partial charge in [0.2, 0.25) is 0 Å². The molecular weight excluding hydrogens is 338 g/mol. The Bertz CT molecular complexity index is 878. The van der Waals surface area contributed by atoms with E-state index in [1.165, 1.54) is 19.2 Å². The number of phenols is 1. The number of non-ortho nitro benzene ring substituents is 1. The average Bonchev–Trinajstić information content (AvgIpc) is 2.56. The molecule has 0 saturated heterocycles. The van der Waals surface area contributed by atoms with Crippen LogP contribution >= 0.6 is 0 Å². The number of sulfonamides is 1. The van der Waals surface area contributed by atoms with Crippen LogP contribution in [0.2, 0.25) is 0 Å². The summed E-state index contributed by atoms with van der Waals surface area (Å²) in [5, 5.41) is 24.0. The van der Waals surface area contributed by atoms with Crippen LogP contribution in [0.4, 0.5) is 5.69 Å². The molecule has 2 rings (SSSR count). The van der Waals surface area contributed by atoms with Crippen LogP contribution in [0.1, 0.15) is 5.56 Å². The summed E-state index contributed by atoms with van der Waals surface area (Å²) >= 11 is 0. The number of hydrazone groups is 1. The van der Waals surface area contributed by atoms with E-state index in [9.17, 15) is 23.6 Å². The van der Waals surface area contributed by atoms with Crippen molar-refractivity contribution in [1.82, 2.24) is 4.83 Å². The Morgan fingerprint density at radius 3 is 2.50 bits per heavy atom. The Balaban J connectivity index is 2.17. The van der Waals surface area contributed by atoms with Crippen molar-refractivity contribution < 1.29 is 23.2 Å². The third kappa shape index (κ3) is 3.79. The van der Waals surface area contributed by atoms with Gasteiger partial charge in [0.1, 0.15) is 0 Å². The lowest BCUT2D eigenvalue weighted by Crippen LogP contribution is -2.18. The minimum absolute atomic E-state index is 0.180. The van der Waals surface area contributed by atoms with Gasteiger partial charge in [-0.3, -0.25) is 10.1 Å². The summed E-state index contributed by atoms with van der Waals surface area (Å²) in [4.78, 5) is 11.7. The van der Waals surface area contributed by atoms with E-state index < -0.39 is 14.9 Å². The molecule has 0 unspecified atom stereocenters. The van der Waals surface area contributed by atoms with Crippen LogP contribution in [0.25, 0.3) is 0 Å². The number of para-hydroxylation sites is 1. The van der Waals surface area contributed by atoms with Crippen molar-refractivity contribution in [3.8, 4) is 11.5 Å². The Kier molecular flexibility index (Phi) is 4.99. The highest BCUT2D eigenvalue weighted by Crippen LogP contribution is 2.27. The molecule has 2 aromatic rings. The minimum Gasteiger partial charge on any atom is -0.504 e. The molecule has 24 heavy (non-hydrogen) atoms. The molecular formula is C14H13N3O6S. The van der Waals surface area contributed by atoms with E-state index >= 15 is 0 Å². The van der Waals surface area contributed by atoms with Gasteiger partial charge in [-0.15, -0.1) is 0 Å². The number of ether oxygens (including phenoxy) is 1. The van der Waals surface area contributed by atoms with E-state index in [2.05, 4.69) is 5.10 Å². The monoisotopic (exact) mass is 351 g/mol. The molecule has 0 bridgehead atoms. The van der Waals surface area contributed by atoms with Crippen LogP contribution in [0.5, 0.6) is 11.5 Å². The Hall–Kier alpha value is -3.14. The second kappa shape index (κ2) is 6.96. The summed E-state index contributed by atoms with van der Waals surface area (Å²) in [5.74, 6) is 0.0375. The SMILES string of the molecule is COc1cccc(C=NNS(=O)(=O)c2ccc([N+](=O)[O-])cc2)c1O. The number of benzene rings is 2. The first kappa shape index (κ1) is 17.2. The summed E-state index contributed by atoms with van der Waals surface area (Å²) in [6, 6.07) is 9.00. The number of rotatable bonds is 6. The van der Waals surface area contributed by atoms with Crippen LogP contribution in [-0.4, -0.2) is 31.8 Å². The number of nitro groups is 1. The maximum atomic E-state index is 12.0. The number of nitrogens with zero attached hydrogens (tertiary/aromatic N) is 2. The van der Waals surface area contributed by atoms with Crippen LogP contribution in [0, 0.1) is 10.1 Å². The molecule has 0 heterocycles. The largest absolute Gasteiger partial charge is 0.504 e. The van der Waals surface area contributed by atoms with Crippen LogP contribution in [0.3, 0.4) is 0 Å². The average molecular weight is 351 g/mol. The number of nitrogens with one attached hydrogen (secondary N) is 1. The molecule has 0 saturated carbocycles. The molecule has 0 radical (unpaired) electrons. The van der Waals surface area contributed by atoms with Gasteiger partial charge < -0.3 is 9.84 Å². The zero-order valence-corrected chi connectivity index (χ0v) is 13.2. The van der Waals surface area contributed by atoms with Crippen LogP contribution < -0.4 is 9.57 Å². The summed E-state index contributed by atoms with van der Waals surface area (Å²) in [6.07, 6.45) is 1.11. The molecule has 0 aliphatic heterocycles. The molecule has 0 aliphatic rings. The quantitative estimate of drug-likeness (QED) is 0.462. The standard InChI is InChI=1S/C14H13N3O6S/c1-23-13-4-2-3-10(14(13)18)9-15-16-24(21,22)12-7-5-11(6-8-12)17(19)20/h2-9,16,18H,1H3. The lowest BCUT2D eigenvalue weighted by molar-refractivity contribution is -0.384. The first-order valence-electron chi connectivity index (χ1n) is 6.50. The van der Waals surface area contributed by atoms with Crippen molar-refractivity contribution in [3.63, 3.8) is 0 Å². The van der Waals surface area contributed by atoms with Crippen LogP contribution in [-0.2, 0) is 10.0 Å². The summed E-state index contributed by atoms with van der Waals surface area (Å²) < 4.78 is 29.0. The van der Waals surface area contributed by atoms with Crippen molar-refractivity contribution in [2.75, 3.05) is 7.11 Å². The Morgan fingerprint density at radius 1 is 1.25 bits per heavy atom. The molecule has 0 spiro atoms. The fraction of sp³-hybridized carbons (Fsp3) is 0.0714. The van der Waals surface area contributed by atoms with Gasteiger partial charge in [-0.25, -0.2) is 4.83 Å². The number of aromatic hydroxyl groups is 1. The Morgan fingerprint density at radius 2 is 1.92 bits per heavy atom. The van der Waals surface area contributed by atoms with E-state index in [4.69, 9.17) is 4.74 Å². The number of hydrogen-bond acceptors (Lipinski definition) is 7. The predicted molar refractivity (Wildman–Crippen MR) is 85.7 cm³/mol. The minimum atomic E-state index is -3.98. The molecule has 126 valence electrons. The van der Waals surface area contributed by atoms with Gasteiger partial charge in [0, 0.05) is 17.7 Å². The van der Waals surface area contributed by atoms with Gasteiger partial charge in [-0.05, 0) is 24.3 Å². The third-order valence-corrected chi connectivity index (χ3v) is 4.22. The zero-order chi connectivity index (χ0) is 17.7. The first-order valence-corrected chi connectivity index (χ1v) is 7.99. The third-order valence-electron chi connectivity index (χ3n) is 2.98. The maximum Gasteiger partial charge on any atom is 0.276 e. The highest BCUT2D eigenvalue weighted by Gasteiger charge is 2.15. The molecule has 0 aliphatic carbocycles. The summed E-state index contributed by atoms with van der Waals surface area (Å²) in [7, 11) is -2.60. The lowest BCUT2D eigenvalue weighted by Gasteiger charge is -2.05. The van der Waals surface area contributed by atoms with Gasteiger partial charge >= 0.3 is 0 Å². The van der Waals surface area contributed by atoms with E-state index in [1.807, 2.05) is 4.83 Å². The van der Waals surface area contributed by atoms with Gasteiger partial charge in [-0.1, -0.05) is 6.07 Å². The molecule has 0 aromatic heterocycles. The fourth-order valence-electron chi connectivity index (χ4n) is 1.77. The van der Waals surface area contributed by atoms with E-state index in [0.29, 0.717) is 0 Å². The highest BCUT2D eigenvalue weighted by molar-refractivity contribution is 7.89. The van der Waals surface area contributed by atoms with Gasteiger partial charge in [0.15, 0.2) is 11.5 Å². The van der Waals surface area contributed by atoms with Crippen molar-refractivity contribution in [2.45, 2.75) is 4.90 Å². The first-order chi connectivity index (χ1) is 11.3. The maximum absolute atomic E-state index is 12.0.